The van der Waals surface area contributed by atoms with Gasteiger partial charge in [-0.1, -0.05) is 4.49 Å². The first-order chi connectivity index (χ1) is 6.84. The molecule has 2 rings (SSSR count). The predicted octanol–water partition coefficient (Wildman–Crippen LogP) is -0.269. The molecule has 78 valence electrons. The summed E-state index contributed by atoms with van der Waals surface area (Å²) in [4.78, 5) is 2.13. The van der Waals surface area contributed by atoms with Crippen molar-refractivity contribution in [2.75, 3.05) is 26.3 Å². The number of nitrogens with zero attached hydrogens (tertiary/aromatic N) is 3. The Morgan fingerprint density at radius 1 is 1.71 bits per heavy atom. The first-order valence-electron chi connectivity index (χ1n) is 4.58. The highest BCUT2D eigenvalue weighted by Gasteiger charge is 2.16. The van der Waals surface area contributed by atoms with E-state index in [0.29, 0.717) is 19.8 Å². The number of ether oxygens (including phenoxy) is 1. The van der Waals surface area contributed by atoms with Crippen LogP contribution in [0.3, 0.4) is 0 Å². The van der Waals surface area contributed by atoms with E-state index in [1.807, 2.05) is 5.38 Å². The molecular formula is C8H13N3O2S. The summed E-state index contributed by atoms with van der Waals surface area (Å²) in [7, 11) is 0. The van der Waals surface area contributed by atoms with Crippen molar-refractivity contribution in [3.8, 4) is 0 Å². The number of hydrogen-bond donors (Lipinski definition) is 1. The number of rotatable bonds is 2. The van der Waals surface area contributed by atoms with E-state index in [1.165, 1.54) is 11.5 Å². The SMILES string of the molecule is OC1COCCN(Cc2csnn2)C1. The number of aromatic nitrogens is 2. The summed E-state index contributed by atoms with van der Waals surface area (Å²) < 4.78 is 9.03. The fourth-order valence-electron chi connectivity index (χ4n) is 1.48. The van der Waals surface area contributed by atoms with Crippen molar-refractivity contribution in [1.29, 1.82) is 0 Å². The second kappa shape index (κ2) is 4.79. The predicted molar refractivity (Wildman–Crippen MR) is 52.0 cm³/mol. The topological polar surface area (TPSA) is 58.5 Å². The van der Waals surface area contributed by atoms with Gasteiger partial charge in [-0.2, -0.15) is 0 Å². The molecule has 1 aliphatic heterocycles. The lowest BCUT2D eigenvalue weighted by Gasteiger charge is -2.18. The molecule has 0 aromatic carbocycles. The molecule has 1 unspecified atom stereocenters. The van der Waals surface area contributed by atoms with Crippen LogP contribution in [0.1, 0.15) is 5.69 Å². The molecular weight excluding hydrogens is 202 g/mol. The van der Waals surface area contributed by atoms with E-state index in [-0.39, 0.29) is 6.10 Å². The molecule has 6 heteroatoms. The van der Waals surface area contributed by atoms with Crippen molar-refractivity contribution in [2.24, 2.45) is 0 Å². The molecule has 1 N–H and O–H groups in total. The van der Waals surface area contributed by atoms with Crippen molar-refractivity contribution >= 4 is 11.5 Å². The number of hydrogen-bond acceptors (Lipinski definition) is 6. The molecule has 1 atom stereocenters. The Hall–Kier alpha value is -0.560. The monoisotopic (exact) mass is 215 g/mol. The first kappa shape index (κ1) is 9.97. The van der Waals surface area contributed by atoms with Crippen LogP contribution in [0, 0.1) is 0 Å². The third kappa shape index (κ3) is 2.71. The van der Waals surface area contributed by atoms with Crippen molar-refractivity contribution in [3.63, 3.8) is 0 Å². The summed E-state index contributed by atoms with van der Waals surface area (Å²) in [6.07, 6.45) is -0.385. The third-order valence-corrected chi connectivity index (χ3v) is 2.68. The Morgan fingerprint density at radius 3 is 3.43 bits per heavy atom. The Morgan fingerprint density at radius 2 is 2.64 bits per heavy atom. The zero-order chi connectivity index (χ0) is 9.80. The molecule has 0 spiro atoms. The Labute approximate surface area is 86.5 Å². The van der Waals surface area contributed by atoms with Gasteiger partial charge in [0.1, 0.15) is 0 Å². The summed E-state index contributed by atoms with van der Waals surface area (Å²) in [6, 6.07) is 0. The minimum atomic E-state index is -0.385. The maximum absolute atomic E-state index is 9.49. The molecule has 5 nitrogen and oxygen atoms in total. The highest BCUT2D eigenvalue weighted by molar-refractivity contribution is 7.03. The number of β-amino-alcohol motifs (C(OH)–C–C–N with tert-alkyl or cyclic N) is 1. The van der Waals surface area contributed by atoms with Gasteiger partial charge in [0.25, 0.3) is 0 Å². The van der Waals surface area contributed by atoms with Crippen LogP contribution in [0.5, 0.6) is 0 Å². The van der Waals surface area contributed by atoms with Crippen LogP contribution in [-0.2, 0) is 11.3 Å². The molecule has 0 radical (unpaired) electrons. The zero-order valence-corrected chi connectivity index (χ0v) is 8.61. The van der Waals surface area contributed by atoms with Gasteiger partial charge in [-0.3, -0.25) is 4.90 Å². The van der Waals surface area contributed by atoms with E-state index < -0.39 is 0 Å². The molecule has 2 heterocycles. The molecule has 1 fully saturated rings. The van der Waals surface area contributed by atoms with Gasteiger partial charge in [0.15, 0.2) is 0 Å². The van der Waals surface area contributed by atoms with Gasteiger partial charge in [0.2, 0.25) is 0 Å². The summed E-state index contributed by atoms with van der Waals surface area (Å²) in [5, 5.41) is 15.4. The van der Waals surface area contributed by atoms with Crippen LogP contribution in [0.15, 0.2) is 5.38 Å². The van der Waals surface area contributed by atoms with E-state index >= 15 is 0 Å². The summed E-state index contributed by atoms with van der Waals surface area (Å²) >= 11 is 1.35. The minimum absolute atomic E-state index is 0.385. The molecule has 1 aromatic rings. The summed E-state index contributed by atoms with van der Waals surface area (Å²) in [6.45, 7) is 3.35. The lowest BCUT2D eigenvalue weighted by atomic mass is 10.3. The Balaban J connectivity index is 1.90. The minimum Gasteiger partial charge on any atom is -0.389 e. The van der Waals surface area contributed by atoms with E-state index in [4.69, 9.17) is 4.74 Å². The van der Waals surface area contributed by atoms with Gasteiger partial charge in [-0.15, -0.1) is 5.10 Å². The average molecular weight is 215 g/mol. The van der Waals surface area contributed by atoms with Crippen molar-refractivity contribution in [2.45, 2.75) is 12.6 Å². The molecule has 1 aromatic heterocycles. The van der Waals surface area contributed by atoms with Gasteiger partial charge in [0, 0.05) is 25.0 Å². The average Bonchev–Trinajstić information content (AvgIpc) is 2.56. The van der Waals surface area contributed by atoms with Crippen LogP contribution < -0.4 is 0 Å². The molecule has 0 saturated carbocycles. The van der Waals surface area contributed by atoms with Crippen LogP contribution >= 0.6 is 11.5 Å². The molecule has 0 amide bonds. The standard InChI is InChI=1S/C8H13N3O2S/c12-8-4-11(1-2-13-5-8)3-7-6-14-10-9-7/h6,8,12H,1-5H2. The van der Waals surface area contributed by atoms with Crippen molar-refractivity contribution in [1.82, 2.24) is 14.5 Å². The summed E-state index contributed by atoms with van der Waals surface area (Å²) in [5.74, 6) is 0. The highest BCUT2D eigenvalue weighted by atomic mass is 32.1. The van der Waals surface area contributed by atoms with Gasteiger partial charge < -0.3 is 9.84 Å². The number of aliphatic hydroxyl groups excluding tert-OH is 1. The van der Waals surface area contributed by atoms with Crippen molar-refractivity contribution < 1.29 is 9.84 Å². The van der Waals surface area contributed by atoms with E-state index in [0.717, 1.165) is 18.8 Å². The van der Waals surface area contributed by atoms with Crippen molar-refractivity contribution in [3.05, 3.63) is 11.1 Å². The van der Waals surface area contributed by atoms with E-state index in [2.05, 4.69) is 14.5 Å². The fraction of sp³-hybridized carbons (Fsp3) is 0.750. The maximum atomic E-state index is 9.49. The maximum Gasteiger partial charge on any atom is 0.0900 e. The third-order valence-electron chi connectivity index (χ3n) is 2.12. The van der Waals surface area contributed by atoms with E-state index in [1.54, 1.807) is 0 Å². The lowest BCUT2D eigenvalue weighted by Crippen LogP contribution is -2.32. The second-order valence-electron chi connectivity index (χ2n) is 3.36. The summed E-state index contributed by atoms with van der Waals surface area (Å²) in [5.41, 5.74) is 0.962. The number of aliphatic hydroxyl groups is 1. The van der Waals surface area contributed by atoms with Crippen LogP contribution in [0.25, 0.3) is 0 Å². The first-order valence-corrected chi connectivity index (χ1v) is 5.42. The van der Waals surface area contributed by atoms with Gasteiger partial charge >= 0.3 is 0 Å². The quantitative estimate of drug-likeness (QED) is 0.736. The van der Waals surface area contributed by atoms with Gasteiger partial charge in [-0.25, -0.2) is 0 Å². The van der Waals surface area contributed by atoms with Crippen LogP contribution in [0.4, 0.5) is 0 Å². The Kier molecular flexibility index (Phi) is 3.41. The Bertz CT molecular complexity index is 268. The smallest absolute Gasteiger partial charge is 0.0900 e. The fourth-order valence-corrected chi connectivity index (χ4v) is 1.92. The van der Waals surface area contributed by atoms with Crippen LogP contribution in [0.2, 0.25) is 0 Å². The molecule has 0 aliphatic carbocycles. The molecule has 1 saturated heterocycles. The largest absolute Gasteiger partial charge is 0.389 e. The van der Waals surface area contributed by atoms with Gasteiger partial charge in [0.05, 0.1) is 25.0 Å². The highest BCUT2D eigenvalue weighted by Crippen LogP contribution is 2.06. The van der Waals surface area contributed by atoms with E-state index in [9.17, 15) is 5.11 Å². The zero-order valence-electron chi connectivity index (χ0n) is 7.80. The normalized spacial score (nSPS) is 24.8. The van der Waals surface area contributed by atoms with Crippen LogP contribution in [-0.4, -0.2) is 52.0 Å². The lowest BCUT2D eigenvalue weighted by molar-refractivity contribution is 0.0562. The second-order valence-corrected chi connectivity index (χ2v) is 3.97. The molecule has 0 bridgehead atoms. The van der Waals surface area contributed by atoms with Gasteiger partial charge in [-0.05, 0) is 11.5 Å². The molecule has 1 aliphatic rings. The molecule has 14 heavy (non-hydrogen) atoms.